The quantitative estimate of drug-likeness (QED) is 0.339. The summed E-state index contributed by atoms with van der Waals surface area (Å²) in [5, 5.41) is 20.4. The maximum Gasteiger partial charge on any atom is 0.298 e. The molecular weight excluding hydrogens is 294 g/mol. The molecule has 1 aromatic rings. The van der Waals surface area contributed by atoms with Crippen LogP contribution in [0.5, 0.6) is 11.5 Å². The van der Waals surface area contributed by atoms with Crippen molar-refractivity contribution in [1.82, 2.24) is 0 Å². The minimum absolute atomic E-state index is 0.0798. The van der Waals surface area contributed by atoms with Gasteiger partial charge in [0, 0.05) is 0 Å². The monoisotopic (exact) mass is 299 g/mol. The molecule has 1 aromatic carbocycles. The zero-order valence-electron chi connectivity index (χ0n) is 8.17. The van der Waals surface area contributed by atoms with Crippen molar-refractivity contribution in [3.05, 3.63) is 11.0 Å². The summed E-state index contributed by atoms with van der Waals surface area (Å²) in [6, 6.07) is 0.0798. The summed E-state index contributed by atoms with van der Waals surface area (Å²) in [4.78, 5) is 7.52. The van der Waals surface area contributed by atoms with Gasteiger partial charge >= 0.3 is 0 Å². The summed E-state index contributed by atoms with van der Waals surface area (Å²) in [5.74, 6) is -2.98. The van der Waals surface area contributed by atoms with Gasteiger partial charge in [0.25, 0.3) is 20.2 Å². The summed E-state index contributed by atoms with van der Waals surface area (Å²) >= 11 is 0. The van der Waals surface area contributed by atoms with Crippen LogP contribution in [0.1, 0.15) is 0 Å². The van der Waals surface area contributed by atoms with Crippen molar-refractivity contribution >= 4 is 25.9 Å². The van der Waals surface area contributed by atoms with Crippen LogP contribution in [-0.2, 0) is 20.2 Å². The highest BCUT2D eigenvalue weighted by molar-refractivity contribution is 7.86. The van der Waals surface area contributed by atoms with Crippen molar-refractivity contribution in [2.45, 2.75) is 9.79 Å². The molecule has 1 rings (SSSR count). The van der Waals surface area contributed by atoms with E-state index in [1.54, 1.807) is 0 Å². The van der Waals surface area contributed by atoms with Crippen LogP contribution in [0.15, 0.2) is 21.0 Å². The second-order valence-electron chi connectivity index (χ2n) is 2.96. The van der Waals surface area contributed by atoms with E-state index in [9.17, 15) is 32.0 Å². The van der Waals surface area contributed by atoms with Gasteiger partial charge in [-0.1, -0.05) is 0 Å². The zero-order valence-corrected chi connectivity index (χ0v) is 9.80. The van der Waals surface area contributed by atoms with Gasteiger partial charge in [0.2, 0.25) is 0 Å². The minimum Gasteiger partial charge on any atom is -0.503 e. The van der Waals surface area contributed by atoms with E-state index in [1.807, 2.05) is 5.18 Å². The highest BCUT2D eigenvalue weighted by atomic mass is 32.2. The lowest BCUT2D eigenvalue weighted by molar-refractivity contribution is 0.387. The predicted molar refractivity (Wildman–Crippen MR) is 54.9 cm³/mol. The first-order valence-corrected chi connectivity index (χ1v) is 6.75. The van der Waals surface area contributed by atoms with Crippen molar-refractivity contribution in [3.8, 4) is 11.5 Å². The van der Waals surface area contributed by atoms with Gasteiger partial charge in [-0.15, -0.1) is 4.91 Å². The van der Waals surface area contributed by atoms with Gasteiger partial charge in [-0.3, -0.25) is 9.11 Å². The molecule has 0 bridgehead atoms. The van der Waals surface area contributed by atoms with E-state index in [4.69, 9.17) is 9.11 Å². The van der Waals surface area contributed by atoms with Crippen LogP contribution in [0.2, 0.25) is 0 Å². The highest BCUT2D eigenvalue weighted by Gasteiger charge is 2.29. The van der Waals surface area contributed by atoms with Crippen LogP contribution < -0.4 is 0 Å². The molecule has 0 aromatic heterocycles. The van der Waals surface area contributed by atoms with Crippen LogP contribution >= 0.6 is 0 Å². The Labute approximate surface area is 100.0 Å². The van der Waals surface area contributed by atoms with Gasteiger partial charge in [0.15, 0.2) is 17.2 Å². The molecule has 0 unspecified atom stereocenters. The molecule has 0 aliphatic heterocycles. The van der Waals surface area contributed by atoms with E-state index >= 15 is 0 Å². The van der Waals surface area contributed by atoms with E-state index in [1.165, 1.54) is 0 Å². The fourth-order valence-electron chi connectivity index (χ4n) is 1.08. The Morgan fingerprint density at radius 1 is 0.889 bits per heavy atom. The molecule has 0 heterocycles. The molecule has 0 saturated carbocycles. The normalized spacial score (nSPS) is 12.3. The van der Waals surface area contributed by atoms with Gasteiger partial charge in [0.1, 0.15) is 9.79 Å². The maximum atomic E-state index is 10.8. The third-order valence-corrected chi connectivity index (χ3v) is 3.56. The van der Waals surface area contributed by atoms with Crippen LogP contribution in [-0.4, -0.2) is 36.2 Å². The topological polar surface area (TPSA) is 179 Å². The van der Waals surface area contributed by atoms with Gasteiger partial charge in [-0.2, -0.15) is 16.8 Å². The Morgan fingerprint density at radius 2 is 1.33 bits per heavy atom. The van der Waals surface area contributed by atoms with E-state index in [0.29, 0.717) is 0 Å². The van der Waals surface area contributed by atoms with Crippen molar-refractivity contribution in [3.63, 3.8) is 0 Å². The molecule has 0 radical (unpaired) electrons. The molecule has 0 saturated heterocycles. The SMILES string of the molecule is O=Nc1c(S(=O)(=O)O)cc(S(=O)(=O)O)c(O)c1O. The second-order valence-corrected chi connectivity index (χ2v) is 5.74. The fourth-order valence-corrected chi connectivity index (χ4v) is 2.41. The van der Waals surface area contributed by atoms with Crippen LogP contribution in [0.4, 0.5) is 5.69 Å². The molecule has 0 spiro atoms. The molecule has 18 heavy (non-hydrogen) atoms. The Kier molecular flexibility index (Phi) is 3.31. The number of hydrogen-bond donors (Lipinski definition) is 4. The van der Waals surface area contributed by atoms with E-state index < -0.39 is 47.2 Å². The Bertz CT molecular complexity index is 718. The lowest BCUT2D eigenvalue weighted by atomic mass is 10.3. The van der Waals surface area contributed by atoms with E-state index in [-0.39, 0.29) is 6.07 Å². The fraction of sp³-hybridized carbons (Fsp3) is 0. The number of benzene rings is 1. The van der Waals surface area contributed by atoms with E-state index in [2.05, 4.69) is 0 Å². The number of nitrogens with zero attached hydrogens (tertiary/aromatic N) is 1. The van der Waals surface area contributed by atoms with Crippen molar-refractivity contribution in [2.24, 2.45) is 5.18 Å². The molecule has 4 N–H and O–H groups in total. The first kappa shape index (κ1) is 14.3. The third kappa shape index (κ3) is 2.40. The molecule has 12 heteroatoms. The second kappa shape index (κ2) is 4.16. The van der Waals surface area contributed by atoms with Crippen LogP contribution in [0.3, 0.4) is 0 Å². The third-order valence-electron chi connectivity index (χ3n) is 1.82. The highest BCUT2D eigenvalue weighted by Crippen LogP contribution is 2.44. The molecule has 0 atom stereocenters. The number of rotatable bonds is 3. The number of nitroso groups, excluding NO2 is 1. The minimum atomic E-state index is -5.11. The summed E-state index contributed by atoms with van der Waals surface area (Å²) in [5.41, 5.74) is -1.29. The van der Waals surface area contributed by atoms with Crippen LogP contribution in [0.25, 0.3) is 0 Å². The number of phenolic OH excluding ortho intramolecular Hbond substituents is 2. The lowest BCUT2D eigenvalue weighted by Crippen LogP contribution is -2.04. The van der Waals surface area contributed by atoms with Gasteiger partial charge < -0.3 is 10.2 Å². The Morgan fingerprint density at radius 3 is 1.67 bits per heavy atom. The molecule has 0 aliphatic rings. The molecule has 10 nitrogen and oxygen atoms in total. The average molecular weight is 299 g/mol. The number of hydrogen-bond acceptors (Lipinski definition) is 8. The lowest BCUT2D eigenvalue weighted by Gasteiger charge is -2.08. The first-order valence-electron chi connectivity index (χ1n) is 3.87. The Balaban J connectivity index is 3.97. The zero-order chi connectivity index (χ0) is 14.3. The van der Waals surface area contributed by atoms with Crippen LogP contribution in [0, 0.1) is 4.91 Å². The summed E-state index contributed by atoms with van der Waals surface area (Å²) in [7, 11) is -10.2. The molecule has 0 fully saturated rings. The average Bonchev–Trinajstić information content (AvgIpc) is 2.17. The smallest absolute Gasteiger partial charge is 0.298 e. The van der Waals surface area contributed by atoms with Gasteiger partial charge in [-0.05, 0) is 11.2 Å². The standard InChI is InChI=1S/C6H5NO9S2/c8-5-3(18(14,15)16)1-2(17(11,12)13)4(7-10)6(5)9/h1,8-9H,(H,11,12,13)(H,14,15,16). The number of aromatic hydroxyl groups is 2. The first-order chi connectivity index (χ1) is 8.00. The van der Waals surface area contributed by atoms with Gasteiger partial charge in [0.05, 0.1) is 0 Å². The summed E-state index contributed by atoms with van der Waals surface area (Å²) in [6.07, 6.45) is 0. The maximum absolute atomic E-state index is 10.8. The molecule has 100 valence electrons. The summed E-state index contributed by atoms with van der Waals surface area (Å²) < 4.78 is 60.6. The largest absolute Gasteiger partial charge is 0.503 e. The van der Waals surface area contributed by atoms with Gasteiger partial charge in [-0.25, -0.2) is 0 Å². The van der Waals surface area contributed by atoms with Crippen molar-refractivity contribution in [2.75, 3.05) is 0 Å². The molecule has 0 aliphatic carbocycles. The molecule has 0 amide bonds. The summed E-state index contributed by atoms with van der Waals surface area (Å²) in [6.45, 7) is 0. The number of phenols is 2. The van der Waals surface area contributed by atoms with Crippen molar-refractivity contribution in [1.29, 1.82) is 0 Å². The van der Waals surface area contributed by atoms with E-state index in [0.717, 1.165) is 0 Å². The Hall–Kier alpha value is -1.76. The van der Waals surface area contributed by atoms with Crippen molar-refractivity contribution < 1.29 is 36.2 Å². The molecular formula is C6H5NO9S2. The predicted octanol–water partition coefficient (Wildman–Crippen LogP) is -0.0109.